The van der Waals surface area contributed by atoms with Gasteiger partial charge in [0.1, 0.15) is 6.04 Å². The minimum absolute atomic E-state index is 0.178. The van der Waals surface area contributed by atoms with Gasteiger partial charge in [-0.3, -0.25) is 5.32 Å². The summed E-state index contributed by atoms with van der Waals surface area (Å²) in [7, 11) is 0. The highest BCUT2D eigenvalue weighted by molar-refractivity contribution is 7.15. The molecule has 1 aromatic rings. The van der Waals surface area contributed by atoms with Gasteiger partial charge in [-0.05, 0) is 32.1 Å². The zero-order valence-corrected chi connectivity index (χ0v) is 11.8. The molecule has 1 atom stereocenters. The summed E-state index contributed by atoms with van der Waals surface area (Å²) in [5, 5.41) is 14.5. The summed E-state index contributed by atoms with van der Waals surface area (Å²) < 4.78 is 0. The lowest BCUT2D eigenvalue weighted by Gasteiger charge is -2.12. The van der Waals surface area contributed by atoms with Gasteiger partial charge in [-0.1, -0.05) is 6.08 Å². The quantitative estimate of drug-likeness (QED) is 0.726. The van der Waals surface area contributed by atoms with Crippen molar-refractivity contribution in [1.82, 2.24) is 10.3 Å². The van der Waals surface area contributed by atoms with Gasteiger partial charge in [-0.15, -0.1) is 17.9 Å². The summed E-state index contributed by atoms with van der Waals surface area (Å²) in [4.78, 5) is 28.3. The molecule has 0 fully saturated rings. The number of fused-ring (bicyclic) bond motifs is 1. The molecular weight excluding hydrogens is 278 g/mol. The van der Waals surface area contributed by atoms with Gasteiger partial charge >= 0.3 is 12.0 Å². The Labute approximate surface area is 120 Å². The van der Waals surface area contributed by atoms with E-state index in [2.05, 4.69) is 22.2 Å². The van der Waals surface area contributed by atoms with Gasteiger partial charge in [0.25, 0.3) is 0 Å². The fraction of sp³-hybridized carbons (Fsp3) is 0.462. The van der Waals surface area contributed by atoms with Crippen LogP contribution in [0.2, 0.25) is 0 Å². The molecule has 0 saturated carbocycles. The van der Waals surface area contributed by atoms with Crippen LogP contribution in [0.15, 0.2) is 12.7 Å². The van der Waals surface area contributed by atoms with Crippen molar-refractivity contribution >= 4 is 28.5 Å². The maximum atomic E-state index is 11.8. The molecule has 1 unspecified atom stereocenters. The van der Waals surface area contributed by atoms with Crippen molar-refractivity contribution < 1.29 is 14.7 Å². The number of carboxylic acids is 1. The molecule has 0 bridgehead atoms. The zero-order valence-electron chi connectivity index (χ0n) is 11.0. The molecule has 1 aliphatic rings. The van der Waals surface area contributed by atoms with Crippen molar-refractivity contribution in [3.05, 3.63) is 23.2 Å². The van der Waals surface area contributed by atoms with Crippen LogP contribution in [0.25, 0.3) is 0 Å². The molecule has 0 aliphatic heterocycles. The maximum Gasteiger partial charge on any atom is 0.326 e. The third kappa shape index (κ3) is 3.57. The van der Waals surface area contributed by atoms with Crippen LogP contribution in [0.5, 0.6) is 0 Å². The summed E-state index contributed by atoms with van der Waals surface area (Å²) in [6.45, 7) is 3.47. The Balaban J connectivity index is 1.95. The lowest BCUT2D eigenvalue weighted by Crippen LogP contribution is -2.42. The van der Waals surface area contributed by atoms with Crippen LogP contribution in [-0.2, 0) is 17.6 Å². The second-order valence-electron chi connectivity index (χ2n) is 4.61. The highest BCUT2D eigenvalue weighted by atomic mass is 32.1. The first kappa shape index (κ1) is 14.5. The second kappa shape index (κ2) is 6.51. The average molecular weight is 295 g/mol. The Kier molecular flexibility index (Phi) is 4.73. The highest BCUT2D eigenvalue weighted by Gasteiger charge is 2.20. The van der Waals surface area contributed by atoms with E-state index in [9.17, 15) is 9.59 Å². The number of hydrogen-bond acceptors (Lipinski definition) is 4. The lowest BCUT2D eigenvalue weighted by atomic mass is 10.0. The van der Waals surface area contributed by atoms with Gasteiger partial charge in [0.05, 0.1) is 5.69 Å². The van der Waals surface area contributed by atoms with Gasteiger partial charge in [-0.2, -0.15) is 0 Å². The molecule has 0 radical (unpaired) electrons. The van der Waals surface area contributed by atoms with E-state index in [0.29, 0.717) is 5.13 Å². The molecule has 1 heterocycles. The molecule has 0 aromatic carbocycles. The van der Waals surface area contributed by atoms with Gasteiger partial charge in [0, 0.05) is 4.88 Å². The Bertz CT molecular complexity index is 503. The Morgan fingerprint density at radius 2 is 2.20 bits per heavy atom. The summed E-state index contributed by atoms with van der Waals surface area (Å²) in [6.07, 6.45) is 5.87. The Hall–Kier alpha value is -1.89. The van der Waals surface area contributed by atoms with Crippen molar-refractivity contribution in [1.29, 1.82) is 0 Å². The molecule has 3 N–H and O–H groups in total. The molecule has 0 saturated heterocycles. The van der Waals surface area contributed by atoms with E-state index in [1.807, 2.05) is 0 Å². The number of thiazole rings is 1. The summed E-state index contributed by atoms with van der Waals surface area (Å²) in [5.41, 5.74) is 1.05. The van der Waals surface area contributed by atoms with Crippen LogP contribution in [0.3, 0.4) is 0 Å². The summed E-state index contributed by atoms with van der Waals surface area (Å²) >= 11 is 1.46. The van der Waals surface area contributed by atoms with E-state index >= 15 is 0 Å². The van der Waals surface area contributed by atoms with Gasteiger partial charge in [-0.25, -0.2) is 14.6 Å². The number of aliphatic carboxylic acids is 1. The van der Waals surface area contributed by atoms with Crippen molar-refractivity contribution in [3.8, 4) is 0 Å². The Morgan fingerprint density at radius 1 is 1.45 bits per heavy atom. The predicted octanol–water partition coefficient (Wildman–Crippen LogP) is 2.17. The molecule has 0 spiro atoms. The number of carbonyl (C=O) groups is 2. The monoisotopic (exact) mass is 295 g/mol. The van der Waals surface area contributed by atoms with E-state index < -0.39 is 18.0 Å². The number of carboxylic acid groups (broad SMARTS) is 1. The fourth-order valence-electron chi connectivity index (χ4n) is 2.09. The molecule has 6 nitrogen and oxygen atoms in total. The number of anilines is 1. The molecule has 1 aliphatic carbocycles. The van der Waals surface area contributed by atoms with Crippen LogP contribution in [0, 0.1) is 0 Å². The van der Waals surface area contributed by atoms with Gasteiger partial charge in [0.15, 0.2) is 5.13 Å². The lowest BCUT2D eigenvalue weighted by molar-refractivity contribution is -0.139. The summed E-state index contributed by atoms with van der Waals surface area (Å²) in [6, 6.07) is -1.52. The van der Waals surface area contributed by atoms with Crippen LogP contribution >= 0.6 is 11.3 Å². The number of carbonyl (C=O) groups excluding carboxylic acids is 1. The molecule has 2 rings (SSSR count). The van der Waals surface area contributed by atoms with Crippen LogP contribution < -0.4 is 10.6 Å². The first-order valence-electron chi connectivity index (χ1n) is 6.50. The average Bonchev–Trinajstić information content (AvgIpc) is 2.79. The van der Waals surface area contributed by atoms with Crippen molar-refractivity contribution in [2.75, 3.05) is 5.32 Å². The minimum atomic E-state index is -1.08. The van der Waals surface area contributed by atoms with Crippen LogP contribution in [0.4, 0.5) is 9.93 Å². The maximum absolute atomic E-state index is 11.8. The van der Waals surface area contributed by atoms with E-state index in [-0.39, 0.29) is 6.42 Å². The topological polar surface area (TPSA) is 91.3 Å². The number of nitrogens with zero attached hydrogens (tertiary/aromatic N) is 1. The largest absolute Gasteiger partial charge is 0.480 e. The highest BCUT2D eigenvalue weighted by Crippen LogP contribution is 2.29. The fourth-order valence-corrected chi connectivity index (χ4v) is 3.13. The van der Waals surface area contributed by atoms with E-state index in [4.69, 9.17) is 5.11 Å². The molecule has 108 valence electrons. The van der Waals surface area contributed by atoms with Crippen molar-refractivity contribution in [2.45, 2.75) is 38.1 Å². The molecule has 2 amide bonds. The van der Waals surface area contributed by atoms with E-state index in [1.54, 1.807) is 0 Å². The molecular formula is C13H17N3O3S. The first-order valence-corrected chi connectivity index (χ1v) is 7.31. The number of amides is 2. The molecule has 7 heteroatoms. The minimum Gasteiger partial charge on any atom is -0.480 e. The zero-order chi connectivity index (χ0) is 14.5. The normalized spacial score (nSPS) is 15.0. The van der Waals surface area contributed by atoms with Gasteiger partial charge < -0.3 is 10.4 Å². The smallest absolute Gasteiger partial charge is 0.326 e. The number of urea groups is 1. The van der Waals surface area contributed by atoms with Gasteiger partial charge in [0.2, 0.25) is 0 Å². The van der Waals surface area contributed by atoms with E-state index in [0.717, 1.165) is 31.4 Å². The predicted molar refractivity (Wildman–Crippen MR) is 77.1 cm³/mol. The number of aromatic nitrogens is 1. The number of aryl methyl sites for hydroxylation is 2. The standard InChI is InChI=1S/C13H17N3O3S/c1-2-5-9(11(17)18)14-12(19)16-13-15-8-6-3-4-7-10(8)20-13/h2,9H,1,3-7H2,(H,17,18)(H2,14,15,16,19). The number of hydrogen-bond donors (Lipinski definition) is 3. The van der Waals surface area contributed by atoms with Crippen molar-refractivity contribution in [3.63, 3.8) is 0 Å². The van der Waals surface area contributed by atoms with Crippen molar-refractivity contribution in [2.24, 2.45) is 0 Å². The number of nitrogens with one attached hydrogen (secondary N) is 2. The second-order valence-corrected chi connectivity index (χ2v) is 5.69. The molecule has 1 aromatic heterocycles. The summed E-state index contributed by atoms with van der Waals surface area (Å²) in [5.74, 6) is -1.08. The van der Waals surface area contributed by atoms with E-state index in [1.165, 1.54) is 22.3 Å². The molecule has 20 heavy (non-hydrogen) atoms. The van der Waals surface area contributed by atoms with Crippen LogP contribution in [-0.4, -0.2) is 28.1 Å². The third-order valence-corrected chi connectivity index (χ3v) is 4.14. The SMILES string of the molecule is C=CCC(NC(=O)Nc1nc2c(s1)CCCC2)C(=O)O. The first-order chi connectivity index (χ1) is 9.60. The number of rotatable bonds is 5. The third-order valence-electron chi connectivity index (χ3n) is 3.07. The Morgan fingerprint density at radius 3 is 2.85 bits per heavy atom. The van der Waals surface area contributed by atoms with Crippen LogP contribution in [0.1, 0.15) is 29.8 Å².